The van der Waals surface area contributed by atoms with E-state index in [1.54, 1.807) is 20.8 Å². The first-order chi connectivity index (χ1) is 14.6. The van der Waals surface area contributed by atoms with Crippen LogP contribution in [0.25, 0.3) is 0 Å². The summed E-state index contributed by atoms with van der Waals surface area (Å²) in [5, 5.41) is 22.8. The molecule has 34 heavy (non-hydrogen) atoms. The molecule has 0 bridgehead atoms. The van der Waals surface area contributed by atoms with Crippen molar-refractivity contribution in [1.82, 2.24) is 0 Å². The normalized spacial score (nSPS) is 45.2. The standard InChI is InChI=1S/C22H30FO8P.2Na/c1-12-8-16-15-5-4-13-9-14(24)6-7-19(13,2)21(15,23)17(25)10-20(16,3)22(12,27)18(26)11-31-32(28,29)30;;/h6-7,9,12,15-17,25,27H,4-5,8,10-11H2,1-3H3,(H2,28,29,30);;/q;2*+1/p-2/t12-,15+,16+,17+,19?,20+,21+,22+;;/m1../s1. The quantitative estimate of drug-likeness (QED) is 0.279. The van der Waals surface area contributed by atoms with Crippen LogP contribution in [0, 0.1) is 28.6 Å². The van der Waals surface area contributed by atoms with Crippen LogP contribution in [-0.2, 0) is 18.7 Å². The smallest absolute Gasteiger partial charge is 0.790 e. The van der Waals surface area contributed by atoms with Gasteiger partial charge in [-0.05, 0) is 56.6 Å². The number of phosphoric acid groups is 1. The van der Waals surface area contributed by atoms with Crippen molar-refractivity contribution >= 4 is 19.4 Å². The SMILES string of the molecule is C[C@@H]1C[C@H]2[C@@H]3CCC4=CC(=O)C=CC4(C)[C@@]3(F)[C@@H](O)C[C@]2(C)[C@@]1(O)C(=O)COP(=O)([O-])[O-].[Na+].[Na+]. The van der Waals surface area contributed by atoms with E-state index in [1.165, 1.54) is 18.2 Å². The van der Waals surface area contributed by atoms with E-state index in [1.807, 2.05) is 0 Å². The Morgan fingerprint density at radius 2 is 1.91 bits per heavy atom. The van der Waals surface area contributed by atoms with Gasteiger partial charge >= 0.3 is 59.1 Å². The molecule has 0 saturated heterocycles. The summed E-state index contributed by atoms with van der Waals surface area (Å²) < 4.78 is 32.0. The Bertz CT molecular complexity index is 984. The van der Waals surface area contributed by atoms with Crippen molar-refractivity contribution < 1.29 is 102 Å². The molecular weight excluding hydrogens is 488 g/mol. The minimum atomic E-state index is -5.43. The van der Waals surface area contributed by atoms with Crippen LogP contribution < -0.4 is 68.9 Å². The van der Waals surface area contributed by atoms with Gasteiger partial charge in [0.25, 0.3) is 0 Å². The number of hydrogen-bond acceptors (Lipinski definition) is 8. The molecule has 8 atom stereocenters. The maximum Gasteiger partial charge on any atom is 1.00 e. The molecule has 3 saturated carbocycles. The molecule has 178 valence electrons. The minimum Gasteiger partial charge on any atom is -0.790 e. The molecular formula is C22H28FNa2O8P. The molecule has 0 radical (unpaired) electrons. The number of ketones is 2. The third kappa shape index (κ3) is 4.20. The van der Waals surface area contributed by atoms with Gasteiger partial charge in [0, 0.05) is 16.7 Å². The largest absolute Gasteiger partial charge is 1.00 e. The van der Waals surface area contributed by atoms with E-state index in [0.29, 0.717) is 18.4 Å². The molecule has 0 aromatic rings. The van der Waals surface area contributed by atoms with Crippen molar-refractivity contribution in [1.29, 1.82) is 0 Å². The van der Waals surface area contributed by atoms with Gasteiger partial charge < -0.3 is 29.1 Å². The Kier molecular flexibility index (Phi) is 8.96. The molecule has 4 aliphatic rings. The van der Waals surface area contributed by atoms with Gasteiger partial charge in [0.15, 0.2) is 17.2 Å². The number of Topliss-reactive ketones (excluding diaryl/α,β-unsaturated/α-hetero) is 1. The summed E-state index contributed by atoms with van der Waals surface area (Å²) in [5.41, 5.74) is -6.03. The zero-order chi connectivity index (χ0) is 23.9. The number of hydrogen-bond donors (Lipinski definition) is 2. The van der Waals surface area contributed by atoms with Crippen LogP contribution in [0.4, 0.5) is 4.39 Å². The molecule has 12 heteroatoms. The fraction of sp³-hybridized carbons (Fsp3) is 0.727. The van der Waals surface area contributed by atoms with Crippen LogP contribution in [0.2, 0.25) is 0 Å². The minimum absolute atomic E-state index is 0. The van der Waals surface area contributed by atoms with Gasteiger partial charge in [-0.3, -0.25) is 9.59 Å². The van der Waals surface area contributed by atoms with E-state index in [0.717, 1.165) is 0 Å². The molecule has 4 rings (SSSR count). The third-order valence-electron chi connectivity index (χ3n) is 9.00. The number of rotatable bonds is 4. The number of allylic oxidation sites excluding steroid dienone is 4. The molecule has 0 amide bonds. The molecule has 0 spiro atoms. The second-order valence-electron chi connectivity index (χ2n) is 10.3. The molecule has 8 nitrogen and oxygen atoms in total. The first-order valence-electron chi connectivity index (χ1n) is 10.8. The molecule has 0 aromatic carbocycles. The second-order valence-corrected chi connectivity index (χ2v) is 11.5. The van der Waals surface area contributed by atoms with Gasteiger partial charge in [-0.1, -0.05) is 25.5 Å². The molecule has 0 heterocycles. The van der Waals surface area contributed by atoms with Crippen LogP contribution in [0.5, 0.6) is 0 Å². The fourth-order valence-corrected chi connectivity index (χ4v) is 7.66. The van der Waals surface area contributed by atoms with E-state index >= 15 is 4.39 Å². The predicted molar refractivity (Wildman–Crippen MR) is 106 cm³/mol. The first kappa shape index (κ1) is 31.0. The number of phosphoric ester groups is 1. The summed E-state index contributed by atoms with van der Waals surface area (Å²) in [6, 6.07) is 0. The summed E-state index contributed by atoms with van der Waals surface area (Å²) in [6.45, 7) is 3.80. The average Bonchev–Trinajstić information content (AvgIpc) is 2.89. The molecule has 0 aromatic heterocycles. The van der Waals surface area contributed by atoms with Crippen molar-refractivity contribution in [3.63, 3.8) is 0 Å². The summed E-state index contributed by atoms with van der Waals surface area (Å²) in [4.78, 5) is 46.6. The number of halogens is 1. The Hall–Kier alpha value is 0.780. The van der Waals surface area contributed by atoms with Gasteiger partial charge in [0.2, 0.25) is 0 Å². The number of carbonyl (C=O) groups excluding carboxylic acids is 2. The first-order valence-corrected chi connectivity index (χ1v) is 12.3. The Morgan fingerprint density at radius 1 is 1.29 bits per heavy atom. The fourth-order valence-electron chi connectivity index (χ4n) is 7.39. The Morgan fingerprint density at radius 3 is 2.50 bits per heavy atom. The van der Waals surface area contributed by atoms with Crippen LogP contribution in [-0.4, -0.2) is 45.8 Å². The second kappa shape index (κ2) is 9.83. The molecule has 4 aliphatic carbocycles. The summed E-state index contributed by atoms with van der Waals surface area (Å²) in [5.74, 6) is -3.06. The van der Waals surface area contributed by atoms with Gasteiger partial charge in [0.05, 0.1) is 13.9 Å². The van der Waals surface area contributed by atoms with Crippen molar-refractivity contribution in [2.75, 3.05) is 6.61 Å². The van der Waals surface area contributed by atoms with Crippen LogP contribution in [0.1, 0.15) is 46.5 Å². The number of alkyl halides is 1. The van der Waals surface area contributed by atoms with Crippen molar-refractivity contribution in [2.45, 2.75) is 63.8 Å². The van der Waals surface area contributed by atoms with E-state index in [4.69, 9.17) is 0 Å². The molecule has 2 N–H and O–H groups in total. The van der Waals surface area contributed by atoms with Gasteiger partial charge in [-0.2, -0.15) is 0 Å². The van der Waals surface area contributed by atoms with E-state index in [9.17, 15) is 34.2 Å². The van der Waals surface area contributed by atoms with Crippen LogP contribution >= 0.6 is 7.82 Å². The van der Waals surface area contributed by atoms with Crippen molar-refractivity contribution in [3.05, 3.63) is 23.8 Å². The molecule has 3 fully saturated rings. The number of carbonyl (C=O) groups is 2. The third-order valence-corrected chi connectivity index (χ3v) is 9.45. The van der Waals surface area contributed by atoms with Crippen molar-refractivity contribution in [2.24, 2.45) is 28.6 Å². The average molecular weight is 516 g/mol. The molecule has 0 aliphatic heterocycles. The monoisotopic (exact) mass is 516 g/mol. The number of aliphatic hydroxyl groups excluding tert-OH is 1. The summed E-state index contributed by atoms with van der Waals surface area (Å²) in [6.07, 6.45) is 3.54. The maximum absolute atomic E-state index is 17.0. The molecule has 1 unspecified atom stereocenters. The summed E-state index contributed by atoms with van der Waals surface area (Å²) in [7, 11) is -5.43. The van der Waals surface area contributed by atoms with Crippen LogP contribution in [0.15, 0.2) is 23.8 Å². The zero-order valence-corrected chi connectivity index (χ0v) is 25.1. The van der Waals surface area contributed by atoms with Crippen LogP contribution in [0.3, 0.4) is 0 Å². The van der Waals surface area contributed by atoms with E-state index in [2.05, 4.69) is 4.52 Å². The van der Waals surface area contributed by atoms with E-state index < -0.39 is 66.2 Å². The number of aliphatic hydroxyl groups is 2. The Balaban J connectivity index is 0.00000204. The predicted octanol–water partition coefficient (Wildman–Crippen LogP) is -5.24. The zero-order valence-electron chi connectivity index (χ0n) is 20.2. The van der Waals surface area contributed by atoms with Gasteiger partial charge in [-0.15, -0.1) is 0 Å². The van der Waals surface area contributed by atoms with E-state index in [-0.39, 0.29) is 77.7 Å². The van der Waals surface area contributed by atoms with Gasteiger partial charge in [0.1, 0.15) is 12.2 Å². The topological polar surface area (TPSA) is 147 Å². The number of fused-ring (bicyclic) bond motifs is 5. The Labute approximate surface area is 242 Å². The maximum atomic E-state index is 17.0. The van der Waals surface area contributed by atoms with Gasteiger partial charge in [-0.25, -0.2) is 4.39 Å². The summed E-state index contributed by atoms with van der Waals surface area (Å²) >= 11 is 0. The van der Waals surface area contributed by atoms with Crippen molar-refractivity contribution in [3.8, 4) is 0 Å².